The molecule has 108 valence electrons. The van der Waals surface area contributed by atoms with E-state index in [-0.39, 0.29) is 11.5 Å². The number of nitrogen functional groups attached to an aromatic ring is 1. The van der Waals surface area contributed by atoms with Crippen LogP contribution in [0.5, 0.6) is 0 Å². The molecule has 1 saturated heterocycles. The second-order valence-electron chi connectivity index (χ2n) is 4.90. The number of anilines is 1. The highest BCUT2D eigenvalue weighted by atomic mass is 16.5. The first-order chi connectivity index (χ1) is 9.72. The standard InChI is InChI=1S/C12H18N6O2/c13-12-17-10-9(11(19)18-12)15-8(16-10)3-6-20-7-1-4-14-5-2-7/h7,14H,1-6H2,(H4,13,15,16,17,18,19). The highest BCUT2D eigenvalue weighted by Gasteiger charge is 2.14. The van der Waals surface area contributed by atoms with Crippen LogP contribution in [-0.4, -0.2) is 45.7 Å². The van der Waals surface area contributed by atoms with E-state index in [9.17, 15) is 4.79 Å². The molecule has 0 aromatic carbocycles. The third kappa shape index (κ3) is 2.81. The van der Waals surface area contributed by atoms with E-state index >= 15 is 0 Å². The summed E-state index contributed by atoms with van der Waals surface area (Å²) < 4.78 is 5.81. The van der Waals surface area contributed by atoms with Crippen LogP contribution in [0.25, 0.3) is 11.2 Å². The van der Waals surface area contributed by atoms with Gasteiger partial charge in [0.05, 0.1) is 12.7 Å². The third-order valence-corrected chi connectivity index (χ3v) is 3.41. The van der Waals surface area contributed by atoms with Gasteiger partial charge in [-0.1, -0.05) is 0 Å². The first-order valence-electron chi connectivity index (χ1n) is 6.79. The van der Waals surface area contributed by atoms with E-state index in [1.54, 1.807) is 0 Å². The zero-order chi connectivity index (χ0) is 13.9. The fraction of sp³-hybridized carbons (Fsp3) is 0.583. The van der Waals surface area contributed by atoms with Crippen molar-refractivity contribution in [3.63, 3.8) is 0 Å². The summed E-state index contributed by atoms with van der Waals surface area (Å²) in [5, 5.41) is 3.30. The minimum Gasteiger partial charge on any atom is -0.378 e. The summed E-state index contributed by atoms with van der Waals surface area (Å²) in [6.07, 6.45) is 3.02. The molecule has 1 fully saturated rings. The first-order valence-corrected chi connectivity index (χ1v) is 6.79. The van der Waals surface area contributed by atoms with Crippen molar-refractivity contribution in [3.05, 3.63) is 16.2 Å². The van der Waals surface area contributed by atoms with E-state index < -0.39 is 0 Å². The maximum atomic E-state index is 11.6. The van der Waals surface area contributed by atoms with Gasteiger partial charge in [-0.2, -0.15) is 4.98 Å². The maximum Gasteiger partial charge on any atom is 0.278 e. The number of rotatable bonds is 4. The average Bonchev–Trinajstić information content (AvgIpc) is 2.83. The van der Waals surface area contributed by atoms with E-state index in [1.165, 1.54) is 0 Å². The summed E-state index contributed by atoms with van der Waals surface area (Å²) >= 11 is 0. The molecule has 5 N–H and O–H groups in total. The summed E-state index contributed by atoms with van der Waals surface area (Å²) in [4.78, 5) is 25.3. The minimum atomic E-state index is -0.300. The van der Waals surface area contributed by atoms with E-state index in [0.29, 0.717) is 36.1 Å². The second kappa shape index (κ2) is 5.59. The lowest BCUT2D eigenvalue weighted by molar-refractivity contribution is 0.0343. The molecule has 8 nitrogen and oxygen atoms in total. The molecule has 0 atom stereocenters. The number of aromatic nitrogens is 4. The molecule has 0 aliphatic carbocycles. The highest BCUT2D eigenvalue weighted by molar-refractivity contribution is 5.70. The normalized spacial score (nSPS) is 16.8. The predicted octanol–water partition coefficient (Wildman–Crippen LogP) is -0.460. The zero-order valence-corrected chi connectivity index (χ0v) is 11.1. The van der Waals surface area contributed by atoms with Gasteiger partial charge in [0, 0.05) is 6.42 Å². The lowest BCUT2D eigenvalue weighted by Crippen LogP contribution is -2.32. The number of H-pyrrole nitrogens is 2. The Balaban J connectivity index is 1.63. The fourth-order valence-electron chi connectivity index (χ4n) is 2.37. The van der Waals surface area contributed by atoms with Gasteiger partial charge in [-0.25, -0.2) is 4.98 Å². The largest absolute Gasteiger partial charge is 0.378 e. The Bertz CT molecular complexity index is 643. The summed E-state index contributed by atoms with van der Waals surface area (Å²) in [5.41, 5.74) is 5.89. The van der Waals surface area contributed by atoms with Gasteiger partial charge in [0.2, 0.25) is 5.95 Å². The Morgan fingerprint density at radius 1 is 1.25 bits per heavy atom. The van der Waals surface area contributed by atoms with Gasteiger partial charge < -0.3 is 20.8 Å². The van der Waals surface area contributed by atoms with Crippen molar-refractivity contribution >= 4 is 17.1 Å². The van der Waals surface area contributed by atoms with Gasteiger partial charge in [0.25, 0.3) is 5.56 Å². The molecular weight excluding hydrogens is 260 g/mol. The Kier molecular flexibility index (Phi) is 3.66. The van der Waals surface area contributed by atoms with Crippen LogP contribution in [0.1, 0.15) is 18.7 Å². The molecule has 0 bridgehead atoms. The number of aromatic amines is 2. The molecule has 0 radical (unpaired) electrons. The van der Waals surface area contributed by atoms with E-state index in [1.807, 2.05) is 0 Å². The van der Waals surface area contributed by atoms with Crippen molar-refractivity contribution in [1.82, 2.24) is 25.3 Å². The number of ether oxygens (including phenoxy) is 1. The fourth-order valence-corrected chi connectivity index (χ4v) is 2.37. The molecule has 0 saturated carbocycles. The van der Waals surface area contributed by atoms with Crippen LogP contribution in [0.4, 0.5) is 5.95 Å². The summed E-state index contributed by atoms with van der Waals surface area (Å²) in [6, 6.07) is 0. The number of hydrogen-bond acceptors (Lipinski definition) is 6. The maximum absolute atomic E-state index is 11.6. The highest BCUT2D eigenvalue weighted by Crippen LogP contribution is 2.09. The topological polar surface area (TPSA) is 122 Å². The molecular formula is C12H18N6O2. The van der Waals surface area contributed by atoms with Crippen molar-refractivity contribution < 1.29 is 4.74 Å². The molecule has 3 rings (SSSR count). The van der Waals surface area contributed by atoms with E-state index in [2.05, 4.69) is 25.3 Å². The molecule has 2 aromatic rings. The number of nitrogens with one attached hydrogen (secondary N) is 3. The molecule has 0 amide bonds. The smallest absolute Gasteiger partial charge is 0.278 e. The zero-order valence-electron chi connectivity index (χ0n) is 11.1. The Morgan fingerprint density at radius 3 is 2.85 bits per heavy atom. The van der Waals surface area contributed by atoms with E-state index in [4.69, 9.17) is 10.5 Å². The Hall–Kier alpha value is -1.93. The van der Waals surface area contributed by atoms with Crippen LogP contribution >= 0.6 is 0 Å². The van der Waals surface area contributed by atoms with E-state index in [0.717, 1.165) is 25.9 Å². The summed E-state index contributed by atoms with van der Waals surface area (Å²) in [6.45, 7) is 2.60. The number of hydrogen-bond donors (Lipinski definition) is 4. The van der Waals surface area contributed by atoms with Crippen LogP contribution in [0.2, 0.25) is 0 Å². The SMILES string of the molecule is Nc1nc2nc(CCOC3CCNCC3)[nH]c2c(=O)[nH]1. The van der Waals surface area contributed by atoms with Crippen LogP contribution in [0.3, 0.4) is 0 Å². The van der Waals surface area contributed by atoms with Crippen LogP contribution in [0.15, 0.2) is 4.79 Å². The number of nitrogens with two attached hydrogens (primary N) is 1. The first kappa shape index (κ1) is 13.1. The summed E-state index contributed by atoms with van der Waals surface area (Å²) in [5.74, 6) is 0.768. The van der Waals surface area contributed by atoms with Crippen molar-refractivity contribution in [2.75, 3.05) is 25.4 Å². The molecule has 8 heteroatoms. The van der Waals surface area contributed by atoms with Crippen molar-refractivity contribution in [3.8, 4) is 0 Å². The van der Waals surface area contributed by atoms with Crippen molar-refractivity contribution in [2.24, 2.45) is 0 Å². The lowest BCUT2D eigenvalue weighted by atomic mass is 10.1. The van der Waals surface area contributed by atoms with Crippen molar-refractivity contribution in [2.45, 2.75) is 25.4 Å². The van der Waals surface area contributed by atoms with Crippen LogP contribution in [-0.2, 0) is 11.2 Å². The molecule has 20 heavy (non-hydrogen) atoms. The van der Waals surface area contributed by atoms with Gasteiger partial charge >= 0.3 is 0 Å². The number of nitrogens with zero attached hydrogens (tertiary/aromatic N) is 2. The number of imidazole rings is 1. The quantitative estimate of drug-likeness (QED) is 0.600. The minimum absolute atomic E-state index is 0.0755. The number of fused-ring (bicyclic) bond motifs is 1. The Labute approximate surface area is 115 Å². The average molecular weight is 278 g/mol. The van der Waals surface area contributed by atoms with Gasteiger partial charge in [-0.3, -0.25) is 9.78 Å². The third-order valence-electron chi connectivity index (χ3n) is 3.41. The molecule has 0 unspecified atom stereocenters. The van der Waals surface area contributed by atoms with Gasteiger partial charge in [-0.15, -0.1) is 0 Å². The van der Waals surface area contributed by atoms with Crippen molar-refractivity contribution in [1.29, 1.82) is 0 Å². The monoisotopic (exact) mass is 278 g/mol. The Morgan fingerprint density at radius 2 is 2.05 bits per heavy atom. The van der Waals surface area contributed by atoms with Gasteiger partial charge in [0.1, 0.15) is 5.82 Å². The van der Waals surface area contributed by atoms with Crippen LogP contribution < -0.4 is 16.6 Å². The second-order valence-corrected chi connectivity index (χ2v) is 4.90. The lowest BCUT2D eigenvalue weighted by Gasteiger charge is -2.22. The molecule has 1 aliphatic rings. The van der Waals surface area contributed by atoms with Gasteiger partial charge in [-0.05, 0) is 25.9 Å². The van der Waals surface area contributed by atoms with Crippen LogP contribution in [0, 0.1) is 0 Å². The molecule has 2 aromatic heterocycles. The molecule has 3 heterocycles. The molecule has 0 spiro atoms. The van der Waals surface area contributed by atoms with Gasteiger partial charge in [0.15, 0.2) is 11.2 Å². The number of piperidine rings is 1. The predicted molar refractivity (Wildman–Crippen MR) is 74.5 cm³/mol. The molecule has 1 aliphatic heterocycles. The summed E-state index contributed by atoms with van der Waals surface area (Å²) in [7, 11) is 0.